The molecule has 4 heteroatoms. The number of nitrogens with one attached hydrogen (secondary N) is 1. The maximum absolute atomic E-state index is 11.9. The van der Waals surface area contributed by atoms with Crippen LogP contribution in [0.1, 0.15) is 44.9 Å². The van der Waals surface area contributed by atoms with E-state index in [4.69, 9.17) is 4.74 Å². The summed E-state index contributed by atoms with van der Waals surface area (Å²) in [7, 11) is 3.36. The first-order valence-electron chi connectivity index (χ1n) is 7.09. The Morgan fingerprint density at radius 2 is 2.11 bits per heavy atom. The number of hydrogen-bond acceptors (Lipinski definition) is 4. The molecule has 1 N–H and O–H groups in total. The third-order valence-electron chi connectivity index (χ3n) is 4.57. The molecule has 104 valence electrons. The van der Waals surface area contributed by atoms with Crippen LogP contribution in [0.3, 0.4) is 0 Å². The van der Waals surface area contributed by atoms with Gasteiger partial charge in [0, 0.05) is 5.25 Å². The predicted molar refractivity (Wildman–Crippen MR) is 75.9 cm³/mol. The van der Waals surface area contributed by atoms with Crippen LogP contribution in [0, 0.1) is 5.92 Å². The van der Waals surface area contributed by atoms with Gasteiger partial charge < -0.3 is 10.1 Å². The molecule has 2 aliphatic carbocycles. The van der Waals surface area contributed by atoms with Crippen molar-refractivity contribution in [2.45, 2.75) is 55.7 Å². The third-order valence-corrected chi connectivity index (χ3v) is 6.10. The van der Waals surface area contributed by atoms with Crippen molar-refractivity contribution in [3.8, 4) is 0 Å². The lowest BCUT2D eigenvalue weighted by Crippen LogP contribution is -2.49. The molecule has 0 saturated heterocycles. The van der Waals surface area contributed by atoms with Crippen molar-refractivity contribution in [1.82, 2.24) is 5.32 Å². The molecule has 2 unspecified atom stereocenters. The summed E-state index contributed by atoms with van der Waals surface area (Å²) >= 11 is 2.08. The molecule has 18 heavy (non-hydrogen) atoms. The van der Waals surface area contributed by atoms with Gasteiger partial charge in [0.2, 0.25) is 0 Å². The molecular formula is C14H25NO2S. The minimum absolute atomic E-state index is 0.0889. The van der Waals surface area contributed by atoms with Crippen LogP contribution in [-0.4, -0.2) is 36.7 Å². The Hall–Kier alpha value is -0.220. The fourth-order valence-electron chi connectivity index (χ4n) is 3.30. The average molecular weight is 271 g/mol. The van der Waals surface area contributed by atoms with Gasteiger partial charge in [-0.3, -0.25) is 4.79 Å². The van der Waals surface area contributed by atoms with Gasteiger partial charge in [0.15, 0.2) is 0 Å². The third kappa shape index (κ3) is 3.02. The number of hydrogen-bond donors (Lipinski definition) is 1. The number of ether oxygens (including phenoxy) is 1. The summed E-state index contributed by atoms with van der Waals surface area (Å²) in [6, 6.07) is 0. The second-order valence-corrected chi connectivity index (χ2v) is 7.01. The Bertz CT molecular complexity index is 292. The van der Waals surface area contributed by atoms with Crippen LogP contribution in [0.25, 0.3) is 0 Å². The SMILES string of the molecule is CNC1(C(=O)OC)CCC(SCC2CCCC2)C1. The van der Waals surface area contributed by atoms with Gasteiger partial charge in [0.05, 0.1) is 7.11 Å². The Balaban J connectivity index is 1.80. The minimum Gasteiger partial charge on any atom is -0.468 e. The lowest BCUT2D eigenvalue weighted by molar-refractivity contribution is -0.148. The van der Waals surface area contributed by atoms with E-state index < -0.39 is 5.54 Å². The zero-order valence-corrected chi connectivity index (χ0v) is 12.4. The monoisotopic (exact) mass is 271 g/mol. The van der Waals surface area contributed by atoms with E-state index in [1.807, 2.05) is 7.05 Å². The van der Waals surface area contributed by atoms with Crippen LogP contribution in [0.5, 0.6) is 0 Å². The van der Waals surface area contributed by atoms with Crippen LogP contribution in [0.4, 0.5) is 0 Å². The van der Waals surface area contributed by atoms with Gasteiger partial charge in [-0.1, -0.05) is 12.8 Å². The van der Waals surface area contributed by atoms with E-state index >= 15 is 0 Å². The van der Waals surface area contributed by atoms with Gasteiger partial charge in [-0.2, -0.15) is 11.8 Å². The normalized spacial score (nSPS) is 32.9. The van der Waals surface area contributed by atoms with E-state index in [1.54, 1.807) is 0 Å². The first kappa shape index (κ1) is 14.2. The summed E-state index contributed by atoms with van der Waals surface area (Å²) in [6.45, 7) is 0. The molecular weight excluding hydrogens is 246 g/mol. The fraction of sp³-hybridized carbons (Fsp3) is 0.929. The molecule has 0 aliphatic heterocycles. The van der Waals surface area contributed by atoms with Gasteiger partial charge in [-0.05, 0) is 50.8 Å². The molecule has 2 aliphatic rings. The zero-order valence-electron chi connectivity index (χ0n) is 11.5. The average Bonchev–Trinajstić information content (AvgIpc) is 3.05. The van der Waals surface area contributed by atoms with Crippen LogP contribution in [0.2, 0.25) is 0 Å². The molecule has 0 aromatic heterocycles. The Morgan fingerprint density at radius 1 is 1.39 bits per heavy atom. The molecule has 2 saturated carbocycles. The highest BCUT2D eigenvalue weighted by atomic mass is 32.2. The van der Waals surface area contributed by atoms with E-state index in [0.717, 1.165) is 25.2 Å². The summed E-state index contributed by atoms with van der Waals surface area (Å²) < 4.78 is 4.94. The van der Waals surface area contributed by atoms with Crippen molar-refractivity contribution in [2.24, 2.45) is 5.92 Å². The van der Waals surface area contributed by atoms with Crippen molar-refractivity contribution < 1.29 is 9.53 Å². The number of carbonyl (C=O) groups excluding carboxylic acids is 1. The second-order valence-electron chi connectivity index (χ2n) is 5.67. The molecule has 3 nitrogen and oxygen atoms in total. The van der Waals surface area contributed by atoms with Crippen molar-refractivity contribution >= 4 is 17.7 Å². The van der Waals surface area contributed by atoms with E-state index in [9.17, 15) is 4.79 Å². The molecule has 0 aromatic rings. The number of esters is 1. The molecule has 0 radical (unpaired) electrons. The molecule has 2 fully saturated rings. The highest BCUT2D eigenvalue weighted by molar-refractivity contribution is 7.99. The highest BCUT2D eigenvalue weighted by Gasteiger charge is 2.45. The molecule has 2 rings (SSSR count). The first-order valence-corrected chi connectivity index (χ1v) is 8.14. The maximum atomic E-state index is 11.9. The van der Waals surface area contributed by atoms with E-state index in [0.29, 0.717) is 5.25 Å². The van der Waals surface area contributed by atoms with Gasteiger partial charge in [-0.15, -0.1) is 0 Å². The topological polar surface area (TPSA) is 38.3 Å². The number of thioether (sulfide) groups is 1. The van der Waals surface area contributed by atoms with E-state index in [2.05, 4.69) is 17.1 Å². The number of likely N-dealkylation sites (N-methyl/N-ethyl adjacent to an activating group) is 1. The minimum atomic E-state index is -0.415. The Morgan fingerprint density at radius 3 is 2.72 bits per heavy atom. The van der Waals surface area contributed by atoms with Gasteiger partial charge in [0.1, 0.15) is 5.54 Å². The summed E-state index contributed by atoms with van der Waals surface area (Å²) in [5.41, 5.74) is -0.415. The van der Waals surface area contributed by atoms with Crippen molar-refractivity contribution in [1.29, 1.82) is 0 Å². The van der Waals surface area contributed by atoms with Crippen LogP contribution in [0.15, 0.2) is 0 Å². The van der Waals surface area contributed by atoms with Crippen molar-refractivity contribution in [2.75, 3.05) is 19.9 Å². The summed E-state index contributed by atoms with van der Waals surface area (Å²) in [5, 5.41) is 3.82. The van der Waals surface area contributed by atoms with Crippen molar-refractivity contribution in [3.63, 3.8) is 0 Å². The number of carbonyl (C=O) groups is 1. The molecule has 0 heterocycles. The van der Waals surface area contributed by atoms with Crippen LogP contribution in [-0.2, 0) is 9.53 Å². The quantitative estimate of drug-likeness (QED) is 0.780. The van der Waals surface area contributed by atoms with Crippen molar-refractivity contribution in [3.05, 3.63) is 0 Å². The van der Waals surface area contributed by atoms with E-state index in [-0.39, 0.29) is 5.97 Å². The summed E-state index contributed by atoms with van der Waals surface area (Å²) in [4.78, 5) is 11.9. The molecule has 0 amide bonds. The largest absolute Gasteiger partial charge is 0.468 e. The smallest absolute Gasteiger partial charge is 0.326 e. The fourth-order valence-corrected chi connectivity index (χ4v) is 4.87. The number of methoxy groups -OCH3 is 1. The molecule has 2 atom stereocenters. The highest BCUT2D eigenvalue weighted by Crippen LogP contribution is 2.39. The van der Waals surface area contributed by atoms with E-state index in [1.165, 1.54) is 38.5 Å². The molecule has 0 bridgehead atoms. The Labute approximate surface area is 114 Å². The van der Waals surface area contributed by atoms with Crippen LogP contribution < -0.4 is 5.32 Å². The second kappa shape index (κ2) is 6.29. The summed E-state index contributed by atoms with van der Waals surface area (Å²) in [6.07, 6.45) is 8.62. The lowest BCUT2D eigenvalue weighted by atomic mass is 9.98. The number of rotatable bonds is 5. The van der Waals surface area contributed by atoms with Gasteiger partial charge >= 0.3 is 5.97 Å². The molecule has 0 aromatic carbocycles. The summed E-state index contributed by atoms with van der Waals surface area (Å²) in [5.74, 6) is 2.12. The lowest BCUT2D eigenvalue weighted by Gasteiger charge is -2.25. The zero-order chi connectivity index (χ0) is 13.0. The predicted octanol–water partition coefficient (Wildman–Crippen LogP) is 2.59. The first-order chi connectivity index (χ1) is 8.70. The standard InChI is InChI=1S/C14H25NO2S/c1-15-14(13(16)17-2)8-7-12(9-14)18-10-11-5-3-4-6-11/h11-12,15H,3-10H2,1-2H3. The van der Waals surface area contributed by atoms with Gasteiger partial charge in [0.25, 0.3) is 0 Å². The molecule has 0 spiro atoms. The Kier molecular flexibility index (Phi) is 4.96. The maximum Gasteiger partial charge on any atom is 0.326 e. The van der Waals surface area contributed by atoms with Gasteiger partial charge in [-0.25, -0.2) is 0 Å². The van der Waals surface area contributed by atoms with Crippen LogP contribution >= 0.6 is 11.8 Å².